The second kappa shape index (κ2) is 6.62. The first-order valence-electron chi connectivity index (χ1n) is 7.73. The zero-order valence-electron chi connectivity index (χ0n) is 13.3. The highest BCUT2D eigenvalue weighted by Gasteiger charge is 2.47. The summed E-state index contributed by atoms with van der Waals surface area (Å²) in [6, 6.07) is 12.9. The minimum Gasteiger partial charge on any atom is -0.322 e. The summed E-state index contributed by atoms with van der Waals surface area (Å²) < 4.78 is 0. The van der Waals surface area contributed by atoms with Gasteiger partial charge in [-0.1, -0.05) is 30.3 Å². The zero-order valence-corrected chi connectivity index (χ0v) is 13.3. The van der Waals surface area contributed by atoms with E-state index in [1.54, 1.807) is 31.5 Å². The second-order valence-electron chi connectivity index (χ2n) is 5.89. The van der Waals surface area contributed by atoms with Crippen molar-refractivity contribution in [3.05, 3.63) is 66.0 Å². The summed E-state index contributed by atoms with van der Waals surface area (Å²) in [7, 11) is 0. The fourth-order valence-corrected chi connectivity index (χ4v) is 2.56. The first-order valence-corrected chi connectivity index (χ1v) is 7.73. The number of benzene rings is 1. The average Bonchev–Trinajstić information content (AvgIpc) is 2.83. The molecule has 2 aromatic rings. The number of nitrogens with zero attached hydrogens (tertiary/aromatic N) is 3. The Bertz CT molecular complexity index is 761. The van der Waals surface area contributed by atoms with Crippen LogP contribution in [0, 0.1) is 0 Å². The lowest BCUT2D eigenvalue weighted by Gasteiger charge is -2.20. The van der Waals surface area contributed by atoms with Crippen LogP contribution in [-0.4, -0.2) is 33.7 Å². The lowest BCUT2D eigenvalue weighted by molar-refractivity contribution is -0.130. The van der Waals surface area contributed by atoms with Gasteiger partial charge in [0.25, 0.3) is 5.91 Å². The van der Waals surface area contributed by atoms with Crippen molar-refractivity contribution >= 4 is 18.2 Å². The van der Waals surface area contributed by atoms with Crippen molar-refractivity contribution in [1.29, 1.82) is 0 Å². The molecule has 3 amide bonds. The van der Waals surface area contributed by atoms with E-state index in [2.05, 4.69) is 15.4 Å². The van der Waals surface area contributed by atoms with Gasteiger partial charge in [-0.2, -0.15) is 5.10 Å². The van der Waals surface area contributed by atoms with E-state index in [9.17, 15) is 9.59 Å². The smallest absolute Gasteiger partial charge is 0.322 e. The zero-order chi connectivity index (χ0) is 17.0. The first kappa shape index (κ1) is 15.9. The molecule has 0 bridgehead atoms. The van der Waals surface area contributed by atoms with Gasteiger partial charge in [-0.15, -0.1) is 5.01 Å². The number of hydrazone groups is 1. The second-order valence-corrected chi connectivity index (χ2v) is 5.89. The molecule has 1 atom stereocenters. The third kappa shape index (κ3) is 3.32. The van der Waals surface area contributed by atoms with Gasteiger partial charge in [-0.05, 0) is 43.0 Å². The minimum absolute atomic E-state index is 0.339. The maximum Gasteiger partial charge on any atom is 0.346 e. The Kier molecular flexibility index (Phi) is 4.37. The molecular formula is C18H18N4O2. The van der Waals surface area contributed by atoms with Crippen LogP contribution in [0.1, 0.15) is 24.5 Å². The number of pyridine rings is 1. The predicted molar refractivity (Wildman–Crippen MR) is 90.4 cm³/mol. The predicted octanol–water partition coefficient (Wildman–Crippen LogP) is 2.36. The number of nitrogens with one attached hydrogen (secondary N) is 1. The molecule has 0 radical (unpaired) electrons. The number of rotatable bonds is 5. The van der Waals surface area contributed by atoms with Crippen molar-refractivity contribution in [1.82, 2.24) is 15.3 Å². The Morgan fingerprint density at radius 1 is 1.17 bits per heavy atom. The van der Waals surface area contributed by atoms with Crippen molar-refractivity contribution in [3.8, 4) is 0 Å². The Balaban J connectivity index is 1.70. The highest BCUT2D eigenvalue weighted by Crippen LogP contribution is 2.23. The van der Waals surface area contributed by atoms with E-state index in [1.807, 2.05) is 30.3 Å². The normalized spacial score (nSPS) is 20.6. The van der Waals surface area contributed by atoms with E-state index in [1.165, 1.54) is 6.21 Å². The molecule has 0 spiro atoms. The molecule has 3 rings (SSSR count). The van der Waals surface area contributed by atoms with Crippen LogP contribution in [0.4, 0.5) is 4.79 Å². The maximum absolute atomic E-state index is 12.6. The number of aryl methyl sites for hydroxylation is 1. The summed E-state index contributed by atoms with van der Waals surface area (Å²) in [5.41, 5.74) is 0.950. The third-order valence-electron chi connectivity index (χ3n) is 4.02. The number of hydrogen-bond acceptors (Lipinski definition) is 4. The summed E-state index contributed by atoms with van der Waals surface area (Å²) in [6.45, 7) is 1.73. The standard InChI is InChI=1S/C18H18N4O2/c1-18(10-7-14-5-3-2-4-6-14)16(23)22(17(24)21-18)20-13-15-8-11-19-12-9-15/h2-6,8-9,11-13H,7,10H2,1H3,(H,21,24)/b20-13-/t18-/m0/s1. The van der Waals surface area contributed by atoms with E-state index in [0.29, 0.717) is 12.8 Å². The van der Waals surface area contributed by atoms with Crippen LogP contribution >= 0.6 is 0 Å². The van der Waals surface area contributed by atoms with E-state index >= 15 is 0 Å². The number of urea groups is 1. The van der Waals surface area contributed by atoms with Gasteiger partial charge in [0.1, 0.15) is 5.54 Å². The number of carbonyl (C=O) groups excluding carboxylic acids is 2. The topological polar surface area (TPSA) is 74.7 Å². The Morgan fingerprint density at radius 3 is 2.58 bits per heavy atom. The molecule has 2 heterocycles. The van der Waals surface area contributed by atoms with Crippen LogP contribution in [0.5, 0.6) is 0 Å². The Morgan fingerprint density at radius 2 is 1.88 bits per heavy atom. The van der Waals surface area contributed by atoms with Crippen LogP contribution < -0.4 is 5.32 Å². The van der Waals surface area contributed by atoms with Crippen LogP contribution in [-0.2, 0) is 11.2 Å². The number of imide groups is 1. The molecule has 1 saturated heterocycles. The molecule has 1 aliphatic rings. The minimum atomic E-state index is -0.942. The maximum atomic E-state index is 12.6. The first-order chi connectivity index (χ1) is 11.6. The third-order valence-corrected chi connectivity index (χ3v) is 4.02. The molecule has 122 valence electrons. The highest BCUT2D eigenvalue weighted by atomic mass is 16.2. The number of amides is 3. The lowest BCUT2D eigenvalue weighted by Crippen LogP contribution is -2.44. The number of hydrogen-bond donors (Lipinski definition) is 1. The van der Waals surface area contributed by atoms with E-state index in [-0.39, 0.29) is 5.91 Å². The van der Waals surface area contributed by atoms with E-state index in [0.717, 1.165) is 16.1 Å². The monoisotopic (exact) mass is 322 g/mol. The van der Waals surface area contributed by atoms with Crippen molar-refractivity contribution in [2.24, 2.45) is 5.10 Å². The lowest BCUT2D eigenvalue weighted by atomic mass is 9.93. The van der Waals surface area contributed by atoms with Gasteiger partial charge in [0.15, 0.2) is 0 Å². The number of carbonyl (C=O) groups is 2. The molecule has 0 aliphatic carbocycles. The molecule has 6 heteroatoms. The summed E-state index contributed by atoms with van der Waals surface area (Å²) >= 11 is 0. The van der Waals surface area contributed by atoms with Gasteiger partial charge < -0.3 is 5.32 Å². The molecule has 24 heavy (non-hydrogen) atoms. The van der Waals surface area contributed by atoms with Gasteiger partial charge in [0.2, 0.25) is 0 Å². The van der Waals surface area contributed by atoms with Crippen molar-refractivity contribution in [2.45, 2.75) is 25.3 Å². The molecule has 1 aliphatic heterocycles. The van der Waals surface area contributed by atoms with Gasteiger partial charge in [-0.25, -0.2) is 4.79 Å². The number of aromatic nitrogens is 1. The summed E-state index contributed by atoms with van der Waals surface area (Å²) in [5, 5.41) is 7.67. The SMILES string of the molecule is C[C@@]1(CCc2ccccc2)NC(=O)N(/N=C\c2ccncc2)C1=O. The molecule has 0 saturated carbocycles. The van der Waals surface area contributed by atoms with Crippen LogP contribution in [0.2, 0.25) is 0 Å². The molecule has 1 aromatic carbocycles. The molecule has 1 fully saturated rings. The molecule has 0 unspecified atom stereocenters. The summed E-state index contributed by atoms with van der Waals surface area (Å²) in [5.74, 6) is -0.339. The molecule has 1 N–H and O–H groups in total. The van der Waals surface area contributed by atoms with Crippen molar-refractivity contribution in [3.63, 3.8) is 0 Å². The Hall–Kier alpha value is -3.02. The molecule has 6 nitrogen and oxygen atoms in total. The quantitative estimate of drug-likeness (QED) is 0.678. The fraction of sp³-hybridized carbons (Fsp3) is 0.222. The molecular weight excluding hydrogens is 304 g/mol. The average molecular weight is 322 g/mol. The summed E-state index contributed by atoms with van der Waals surface area (Å²) in [4.78, 5) is 28.6. The summed E-state index contributed by atoms with van der Waals surface area (Å²) in [6.07, 6.45) is 5.94. The van der Waals surface area contributed by atoms with Crippen LogP contribution in [0.25, 0.3) is 0 Å². The molecule has 1 aromatic heterocycles. The van der Waals surface area contributed by atoms with E-state index in [4.69, 9.17) is 0 Å². The van der Waals surface area contributed by atoms with Crippen LogP contribution in [0.15, 0.2) is 60.0 Å². The van der Waals surface area contributed by atoms with Gasteiger partial charge in [0, 0.05) is 12.4 Å². The largest absolute Gasteiger partial charge is 0.346 e. The van der Waals surface area contributed by atoms with Crippen molar-refractivity contribution in [2.75, 3.05) is 0 Å². The highest BCUT2D eigenvalue weighted by molar-refractivity contribution is 6.07. The van der Waals surface area contributed by atoms with Gasteiger partial charge in [-0.3, -0.25) is 9.78 Å². The van der Waals surface area contributed by atoms with Crippen molar-refractivity contribution < 1.29 is 9.59 Å². The fourth-order valence-electron chi connectivity index (χ4n) is 2.56. The van der Waals surface area contributed by atoms with E-state index < -0.39 is 11.6 Å². The van der Waals surface area contributed by atoms with Gasteiger partial charge >= 0.3 is 6.03 Å². The Labute approximate surface area is 140 Å². The van der Waals surface area contributed by atoms with Crippen LogP contribution in [0.3, 0.4) is 0 Å². The van der Waals surface area contributed by atoms with Gasteiger partial charge in [0.05, 0.1) is 6.21 Å².